The molecule has 3 atom stereocenters. The number of aliphatic hydroxyl groups is 1. The number of rotatable bonds is 9. The lowest BCUT2D eigenvalue weighted by Crippen LogP contribution is -2.51. The molecule has 1 fully saturated rings. The Kier molecular flexibility index (Phi) is 8.15. The number of nitrogens with one attached hydrogen (secondary N) is 1. The van der Waals surface area contributed by atoms with E-state index in [2.05, 4.69) is 10.3 Å². The summed E-state index contributed by atoms with van der Waals surface area (Å²) in [5.74, 6) is -0.632. The molecule has 0 unspecified atom stereocenters. The van der Waals surface area contributed by atoms with Gasteiger partial charge in [0, 0.05) is 26.3 Å². The van der Waals surface area contributed by atoms with Gasteiger partial charge in [-0.1, -0.05) is 37.6 Å². The third-order valence-corrected chi connectivity index (χ3v) is 6.79. The van der Waals surface area contributed by atoms with Gasteiger partial charge in [-0.25, -0.2) is 4.98 Å². The third kappa shape index (κ3) is 5.81. The van der Waals surface area contributed by atoms with E-state index in [0.29, 0.717) is 19.3 Å². The second kappa shape index (κ2) is 10.8. The first-order valence-corrected chi connectivity index (χ1v) is 12.0. The van der Waals surface area contributed by atoms with Crippen LogP contribution < -0.4 is 5.32 Å². The molecule has 7 nitrogen and oxygen atoms in total. The Morgan fingerprint density at radius 2 is 2.00 bits per heavy atom. The van der Waals surface area contributed by atoms with E-state index >= 15 is 0 Å². The van der Waals surface area contributed by atoms with Gasteiger partial charge in [-0.2, -0.15) is 0 Å². The summed E-state index contributed by atoms with van der Waals surface area (Å²) in [4.78, 5) is 44.4. The molecule has 1 aliphatic rings. The van der Waals surface area contributed by atoms with Gasteiger partial charge in [-0.15, -0.1) is 11.3 Å². The zero-order chi connectivity index (χ0) is 23.3. The van der Waals surface area contributed by atoms with E-state index in [1.807, 2.05) is 43.6 Å². The van der Waals surface area contributed by atoms with Crippen LogP contribution in [0.15, 0.2) is 29.8 Å². The van der Waals surface area contributed by atoms with E-state index in [1.54, 1.807) is 11.3 Å². The number of Topliss-reactive ketones (excluding diaryl/α,β-unsaturated/α-hetero) is 1. The van der Waals surface area contributed by atoms with Gasteiger partial charge < -0.3 is 15.3 Å². The van der Waals surface area contributed by atoms with Crippen LogP contribution in [0.3, 0.4) is 0 Å². The van der Waals surface area contributed by atoms with Gasteiger partial charge in [-0.05, 0) is 30.9 Å². The molecule has 32 heavy (non-hydrogen) atoms. The molecule has 0 bridgehead atoms. The molecule has 0 saturated carbocycles. The van der Waals surface area contributed by atoms with Crippen molar-refractivity contribution in [1.82, 2.24) is 15.2 Å². The summed E-state index contributed by atoms with van der Waals surface area (Å²) in [6, 6.07) is 6.80. The average molecular weight is 458 g/mol. The highest BCUT2D eigenvalue weighted by atomic mass is 32.1. The molecule has 1 saturated heterocycles. The first kappa shape index (κ1) is 24.1. The Hall–Kier alpha value is -2.58. The van der Waals surface area contributed by atoms with Crippen molar-refractivity contribution in [3.63, 3.8) is 0 Å². The molecule has 2 aromatic rings. The number of nitrogens with zero attached hydrogens (tertiary/aromatic N) is 2. The number of benzene rings is 1. The second-order valence-corrected chi connectivity index (χ2v) is 9.22. The zero-order valence-electron chi connectivity index (χ0n) is 18.8. The molecular weight excluding hydrogens is 426 g/mol. The monoisotopic (exact) mass is 457 g/mol. The lowest BCUT2D eigenvalue weighted by atomic mass is 9.99. The largest absolute Gasteiger partial charge is 0.391 e. The van der Waals surface area contributed by atoms with Crippen LogP contribution in [0.25, 0.3) is 10.4 Å². The molecule has 3 rings (SSSR count). The Bertz CT molecular complexity index is 956. The fourth-order valence-electron chi connectivity index (χ4n) is 4.19. The van der Waals surface area contributed by atoms with E-state index in [1.165, 1.54) is 11.8 Å². The van der Waals surface area contributed by atoms with Crippen LogP contribution in [-0.2, 0) is 20.8 Å². The van der Waals surface area contributed by atoms with Crippen molar-refractivity contribution < 1.29 is 19.5 Å². The SMILES string of the molecule is CCC[C@H](NC(C)=O)C(=O)N1C[C@H](O)C[C@H]1C(=O)CCc1ccc(-c2scnc2C)cc1. The van der Waals surface area contributed by atoms with Crippen molar-refractivity contribution in [2.45, 2.75) is 71.1 Å². The summed E-state index contributed by atoms with van der Waals surface area (Å²) < 4.78 is 0. The number of carbonyl (C=O) groups excluding carboxylic acids is 3. The van der Waals surface area contributed by atoms with Gasteiger partial charge in [-0.3, -0.25) is 14.4 Å². The maximum Gasteiger partial charge on any atom is 0.245 e. The number of hydrogen-bond acceptors (Lipinski definition) is 6. The Morgan fingerprint density at radius 3 is 2.59 bits per heavy atom. The number of β-amino-alcohol motifs (C(OH)–C–C–N with tert-alkyl or cyclic N) is 1. The molecule has 1 aromatic carbocycles. The smallest absolute Gasteiger partial charge is 0.245 e. The van der Waals surface area contributed by atoms with Crippen LogP contribution in [0.2, 0.25) is 0 Å². The zero-order valence-corrected chi connectivity index (χ0v) is 19.7. The Morgan fingerprint density at radius 1 is 1.28 bits per heavy atom. The third-order valence-electron chi connectivity index (χ3n) is 5.81. The van der Waals surface area contributed by atoms with Crippen LogP contribution in [-0.4, -0.2) is 57.3 Å². The van der Waals surface area contributed by atoms with Gasteiger partial charge >= 0.3 is 0 Å². The van der Waals surface area contributed by atoms with Crippen molar-refractivity contribution in [1.29, 1.82) is 0 Å². The van der Waals surface area contributed by atoms with Crippen LogP contribution in [0.5, 0.6) is 0 Å². The molecule has 0 radical (unpaired) electrons. The van der Waals surface area contributed by atoms with Gasteiger partial charge in [0.15, 0.2) is 5.78 Å². The minimum Gasteiger partial charge on any atom is -0.391 e. The van der Waals surface area contributed by atoms with E-state index in [9.17, 15) is 19.5 Å². The van der Waals surface area contributed by atoms with E-state index in [0.717, 1.165) is 28.1 Å². The number of likely N-dealkylation sites (tertiary alicyclic amines) is 1. The molecule has 2 heterocycles. The van der Waals surface area contributed by atoms with Gasteiger partial charge in [0.05, 0.1) is 28.2 Å². The number of carbonyl (C=O) groups is 3. The number of thiazole rings is 1. The predicted molar refractivity (Wildman–Crippen MR) is 124 cm³/mol. The van der Waals surface area contributed by atoms with Gasteiger partial charge in [0.2, 0.25) is 11.8 Å². The highest BCUT2D eigenvalue weighted by Gasteiger charge is 2.40. The predicted octanol–water partition coefficient (Wildman–Crippen LogP) is 2.89. The highest BCUT2D eigenvalue weighted by molar-refractivity contribution is 7.13. The van der Waals surface area contributed by atoms with Gasteiger partial charge in [0.1, 0.15) is 6.04 Å². The summed E-state index contributed by atoms with van der Waals surface area (Å²) >= 11 is 1.60. The quantitative estimate of drug-likeness (QED) is 0.603. The Balaban J connectivity index is 1.63. The lowest BCUT2D eigenvalue weighted by Gasteiger charge is -2.28. The minimum absolute atomic E-state index is 0.0599. The molecule has 2 amide bonds. The molecule has 1 aromatic heterocycles. The van der Waals surface area contributed by atoms with Crippen LogP contribution in [0.1, 0.15) is 50.8 Å². The number of aliphatic hydroxyl groups excluding tert-OH is 1. The first-order chi connectivity index (χ1) is 15.3. The summed E-state index contributed by atoms with van der Waals surface area (Å²) in [5, 5.41) is 12.8. The molecule has 1 aliphatic heterocycles. The van der Waals surface area contributed by atoms with E-state index in [-0.39, 0.29) is 30.6 Å². The van der Waals surface area contributed by atoms with Gasteiger partial charge in [0.25, 0.3) is 0 Å². The number of hydrogen-bond donors (Lipinski definition) is 2. The number of aromatic nitrogens is 1. The standard InChI is InChI=1S/C24H31N3O4S/c1-4-5-20(26-16(3)28)24(31)27-13-19(29)12-21(27)22(30)11-8-17-6-9-18(10-7-17)23-15(2)25-14-32-23/h6-7,9-10,14,19-21,29H,4-5,8,11-13H2,1-3H3,(H,26,28)/t19-,20+,21+/m1/s1. The summed E-state index contributed by atoms with van der Waals surface area (Å²) in [7, 11) is 0. The normalized spacial score (nSPS) is 19.1. The highest BCUT2D eigenvalue weighted by Crippen LogP contribution is 2.28. The van der Waals surface area contributed by atoms with Crippen molar-refractivity contribution in [3.8, 4) is 10.4 Å². The molecule has 172 valence electrons. The summed E-state index contributed by atoms with van der Waals surface area (Å²) in [5.41, 5.74) is 4.98. The van der Waals surface area contributed by atoms with Crippen LogP contribution in [0, 0.1) is 6.92 Å². The Labute approximate surface area is 192 Å². The molecule has 0 spiro atoms. The molecule has 2 N–H and O–H groups in total. The van der Waals surface area contributed by atoms with Crippen molar-refractivity contribution in [2.24, 2.45) is 0 Å². The van der Waals surface area contributed by atoms with Crippen LogP contribution in [0.4, 0.5) is 0 Å². The van der Waals surface area contributed by atoms with E-state index in [4.69, 9.17) is 0 Å². The topological polar surface area (TPSA) is 99.6 Å². The molecule has 0 aliphatic carbocycles. The van der Waals surface area contributed by atoms with Crippen molar-refractivity contribution >= 4 is 28.9 Å². The van der Waals surface area contributed by atoms with E-state index < -0.39 is 18.2 Å². The van der Waals surface area contributed by atoms with Crippen molar-refractivity contribution in [3.05, 3.63) is 41.0 Å². The first-order valence-electron chi connectivity index (χ1n) is 11.1. The number of amides is 2. The lowest BCUT2D eigenvalue weighted by molar-refractivity contribution is -0.140. The average Bonchev–Trinajstić information content (AvgIpc) is 3.36. The molecule has 8 heteroatoms. The maximum absolute atomic E-state index is 13.0. The summed E-state index contributed by atoms with van der Waals surface area (Å²) in [6.07, 6.45) is 1.60. The number of ketones is 1. The maximum atomic E-state index is 13.0. The summed E-state index contributed by atoms with van der Waals surface area (Å²) in [6.45, 7) is 5.42. The fraction of sp³-hybridized carbons (Fsp3) is 0.500. The molecular formula is C24H31N3O4S. The van der Waals surface area contributed by atoms with Crippen molar-refractivity contribution in [2.75, 3.05) is 6.54 Å². The number of aryl methyl sites for hydroxylation is 2. The fourth-order valence-corrected chi connectivity index (χ4v) is 5.00. The minimum atomic E-state index is -0.727. The van der Waals surface area contributed by atoms with Crippen LogP contribution >= 0.6 is 11.3 Å². The second-order valence-electron chi connectivity index (χ2n) is 8.37.